The van der Waals surface area contributed by atoms with Crippen LogP contribution in [-0.4, -0.2) is 220 Å². The molecule has 1 aromatic heterocycles. The number of fused-ring (bicyclic) bond motifs is 1. The number of ether oxygens (including phenoxy) is 1. The van der Waals surface area contributed by atoms with Crippen molar-refractivity contribution in [2.45, 2.75) is 149 Å². The lowest BCUT2D eigenvalue weighted by atomic mass is 10.0. The van der Waals surface area contributed by atoms with E-state index in [0.717, 1.165) is 40.3 Å². The molecule has 28 nitrogen and oxygen atoms in total. The number of carbonyl (C=O) groups excluding carboxylic acids is 8. The molecule has 3 aromatic carbocycles. The minimum Gasteiger partial charge on any atom is -0.508 e. The third kappa shape index (κ3) is 21.0. The number of rotatable bonds is 23. The van der Waals surface area contributed by atoms with Crippen LogP contribution in [-0.2, 0) is 67.2 Å². The van der Waals surface area contributed by atoms with Crippen molar-refractivity contribution in [2.24, 2.45) is 5.73 Å². The number of carboxylic acids is 1. The van der Waals surface area contributed by atoms with E-state index in [-0.39, 0.29) is 56.6 Å². The summed E-state index contributed by atoms with van der Waals surface area (Å²) in [4.78, 5) is 131. The number of hydrogen-bond acceptors (Lipinski definition) is 21. The highest BCUT2D eigenvalue weighted by molar-refractivity contribution is 8.76. The second kappa shape index (κ2) is 34.8. The van der Waals surface area contributed by atoms with Crippen molar-refractivity contribution < 1.29 is 88.7 Å². The van der Waals surface area contributed by atoms with Gasteiger partial charge in [0.15, 0.2) is 6.04 Å². The highest BCUT2D eigenvalue weighted by atomic mass is 33.1. The summed E-state index contributed by atoms with van der Waals surface area (Å²) in [5, 5.41) is 103. The number of hydrogen-bond donors (Lipinski definition) is 18. The number of benzene rings is 3. The first-order chi connectivity index (χ1) is 42.5. The highest BCUT2D eigenvalue weighted by Gasteiger charge is 2.44. The number of thioether (sulfide) groups is 1. The molecule has 15 atom stereocenters. The Hall–Kier alpha value is -7.04. The van der Waals surface area contributed by atoms with Crippen LogP contribution < -0.4 is 48.3 Å². The molecule has 0 bridgehead atoms. The van der Waals surface area contributed by atoms with Crippen LogP contribution in [0.4, 0.5) is 0 Å². The highest BCUT2D eigenvalue weighted by Crippen LogP contribution is 2.29. The molecule has 0 unspecified atom stereocenters. The molecule has 2 aliphatic rings. The molecule has 0 saturated carbocycles. The van der Waals surface area contributed by atoms with Gasteiger partial charge in [0.1, 0.15) is 77.9 Å². The quantitative estimate of drug-likeness (QED) is 0.0261. The van der Waals surface area contributed by atoms with E-state index in [4.69, 9.17) is 10.5 Å². The van der Waals surface area contributed by atoms with E-state index in [0.29, 0.717) is 34.0 Å². The number of aromatic amines is 1. The minimum absolute atomic E-state index is 0.0545. The van der Waals surface area contributed by atoms with Crippen molar-refractivity contribution in [3.63, 3.8) is 0 Å². The topological polar surface area (TPSA) is 463 Å². The molecule has 31 heteroatoms. The number of aromatic hydroxyl groups is 1. The van der Waals surface area contributed by atoms with Gasteiger partial charge in [0.2, 0.25) is 47.3 Å². The molecular weight excluding hydrogens is 1220 g/mol. The van der Waals surface area contributed by atoms with E-state index >= 15 is 9.59 Å². The van der Waals surface area contributed by atoms with E-state index in [1.165, 1.54) is 31.2 Å². The van der Waals surface area contributed by atoms with E-state index in [2.05, 4.69) is 47.5 Å². The number of aliphatic carboxylic acids is 1. The van der Waals surface area contributed by atoms with Crippen LogP contribution in [0.1, 0.15) is 56.2 Å². The Bertz CT molecular complexity index is 3040. The molecule has 0 radical (unpaired) electrons. The third-order valence-electron chi connectivity index (χ3n) is 14.6. The zero-order chi connectivity index (χ0) is 64.9. The van der Waals surface area contributed by atoms with E-state index < -0.39 is 162 Å². The molecule has 3 heterocycles. The lowest BCUT2D eigenvalue weighted by molar-refractivity contribution is -0.205. The summed E-state index contributed by atoms with van der Waals surface area (Å²) in [6.45, 7) is 1.79. The van der Waals surface area contributed by atoms with Gasteiger partial charge >= 0.3 is 5.97 Å². The van der Waals surface area contributed by atoms with Gasteiger partial charge in [-0.05, 0) is 74.5 Å². The Morgan fingerprint density at radius 3 is 2.03 bits per heavy atom. The third-order valence-corrected chi connectivity index (χ3v) is 18.2. The van der Waals surface area contributed by atoms with E-state index in [1.54, 1.807) is 60.8 Å². The molecule has 2 fully saturated rings. The van der Waals surface area contributed by atoms with Gasteiger partial charge in [0.05, 0.1) is 18.8 Å². The lowest BCUT2D eigenvalue weighted by Gasteiger charge is -2.39. The van der Waals surface area contributed by atoms with Crippen molar-refractivity contribution in [3.05, 3.63) is 102 Å². The summed E-state index contributed by atoms with van der Waals surface area (Å²) in [5.74, 6) is -10.3. The minimum atomic E-state index is -1.89. The first-order valence-electron chi connectivity index (χ1n) is 28.7. The van der Waals surface area contributed by atoms with Crippen LogP contribution in [0.25, 0.3) is 10.9 Å². The normalized spacial score (nSPS) is 25.7. The molecule has 4 aromatic rings. The second-order valence-electron chi connectivity index (χ2n) is 21.5. The number of amides is 8. The molecule has 2 aliphatic heterocycles. The van der Waals surface area contributed by atoms with Gasteiger partial charge in [-0.3, -0.25) is 38.4 Å². The number of aliphatic hydroxyl groups is 6. The van der Waals surface area contributed by atoms with Crippen molar-refractivity contribution in [1.82, 2.24) is 47.5 Å². The first kappa shape index (κ1) is 71.0. The predicted octanol–water partition coefficient (Wildman–Crippen LogP) is -2.93. The number of carboxylic acid groups (broad SMARTS) is 1. The SMILES string of the molecule is C[C@@H](O)[C@@H]1NC(=O)[C@H](CCCCN)NC(=O)[C@@H](Cc2c[nH]c3ccccc23)NC(=O)[C@H](Cc2ccc(O)cc2)NC(=O)[C@@H](NC(=O)[C@@H](Cc2ccccc2)NC(=O)CCS[C@@H]2O[C@H](CO)[C@@H](O)[C@H](O)[C@H]2O)CSSC[C@@H](C(=O)N[C@@H](C(=O)O)[C@@H](C)O)NC1=O. The maximum absolute atomic E-state index is 15.1. The Morgan fingerprint density at radius 1 is 0.730 bits per heavy atom. The van der Waals surface area contributed by atoms with Gasteiger partial charge in [0.25, 0.3) is 0 Å². The maximum atomic E-state index is 15.1. The second-order valence-corrected chi connectivity index (χ2v) is 25.3. The molecule has 486 valence electrons. The van der Waals surface area contributed by atoms with E-state index in [9.17, 15) is 74.4 Å². The average molecular weight is 1300 g/mol. The Balaban J connectivity index is 1.39. The number of H-pyrrole nitrogens is 1. The molecule has 89 heavy (non-hydrogen) atoms. The zero-order valence-electron chi connectivity index (χ0n) is 48.7. The van der Waals surface area contributed by atoms with Crippen LogP contribution in [0.2, 0.25) is 0 Å². The maximum Gasteiger partial charge on any atom is 0.328 e. The fraction of sp³-hybridized carbons (Fsp3) is 0.500. The number of phenolic OH excluding ortho intramolecular Hbond substituents is 1. The summed E-state index contributed by atoms with van der Waals surface area (Å²) in [7, 11) is 1.69. The van der Waals surface area contributed by atoms with Crippen LogP contribution in [0, 0.1) is 0 Å². The standard InChI is InChI=1S/C58H78N10O18S3/c1-29(70)45-56(83)66-42(55(82)68-46(30(2)71)57(84)85)28-89-88-27-41(65-51(78)38(22-31-10-4-3-5-11-31)61-44(73)19-21-87-58-49(76)48(75)47(74)43(26-69)86-58)54(81)63-39(23-32-15-17-34(72)18-16-32)52(79)64-40(24-33-25-60-36-13-7-6-12-35(33)36)53(80)62-37(50(77)67-45)14-8-9-20-59/h3-7,10-13,15-18,25,29-30,37-43,45-49,58,60,69-72,74-76H,8-9,14,19-24,26-28,59H2,1-2H3,(H,61,73)(H,62,80)(H,63,81)(H,64,79)(H,65,78)(H,66,83)(H,67,77)(H,68,82)(H,84,85)/t29-,30-,37+,38-,39+,40-,41+,42+,43-,45+,46-,47-,48+,49-,58+/m1/s1. The van der Waals surface area contributed by atoms with Crippen molar-refractivity contribution in [2.75, 3.05) is 30.4 Å². The number of unbranched alkanes of at least 4 members (excludes halogenated alkanes) is 1. The largest absolute Gasteiger partial charge is 0.508 e. The van der Waals surface area contributed by atoms with Crippen LogP contribution in [0.5, 0.6) is 5.75 Å². The monoisotopic (exact) mass is 1300 g/mol. The number of aliphatic hydroxyl groups excluding tert-OH is 6. The van der Waals surface area contributed by atoms with Gasteiger partial charge in [-0.2, -0.15) is 0 Å². The fourth-order valence-electron chi connectivity index (χ4n) is 9.62. The van der Waals surface area contributed by atoms with Gasteiger partial charge in [-0.1, -0.05) is 82.3 Å². The molecule has 6 rings (SSSR count). The lowest BCUT2D eigenvalue weighted by Crippen LogP contribution is -2.62. The summed E-state index contributed by atoms with van der Waals surface area (Å²) >= 11 is 0.903. The molecule has 19 N–H and O–H groups in total. The predicted molar refractivity (Wildman–Crippen MR) is 329 cm³/mol. The van der Waals surface area contributed by atoms with Crippen LogP contribution in [0.3, 0.4) is 0 Å². The van der Waals surface area contributed by atoms with E-state index in [1.807, 2.05) is 0 Å². The Morgan fingerprint density at radius 2 is 1.37 bits per heavy atom. The number of phenols is 1. The average Bonchev–Trinajstić information content (AvgIpc) is 2.98. The van der Waals surface area contributed by atoms with Crippen molar-refractivity contribution in [3.8, 4) is 5.75 Å². The molecule has 0 spiro atoms. The first-order valence-corrected chi connectivity index (χ1v) is 32.3. The van der Waals surface area contributed by atoms with Crippen LogP contribution in [0.15, 0.2) is 85.1 Å². The van der Waals surface area contributed by atoms with Gasteiger partial charge in [-0.15, -0.1) is 11.8 Å². The number of nitrogens with two attached hydrogens (primary N) is 1. The Kier molecular flexibility index (Phi) is 27.8. The molecular formula is C58H78N10O18S3. The summed E-state index contributed by atoms with van der Waals surface area (Å²) in [5.41, 5.74) is 6.85. The van der Waals surface area contributed by atoms with Gasteiger partial charge in [-0.25, -0.2) is 4.79 Å². The number of carbonyl (C=O) groups is 9. The summed E-state index contributed by atoms with van der Waals surface area (Å²) in [6.07, 6.45) is -8.09. The molecule has 0 aliphatic carbocycles. The summed E-state index contributed by atoms with van der Waals surface area (Å²) in [6, 6.07) is 8.31. The number of aromatic nitrogens is 1. The molecule has 8 amide bonds. The Labute approximate surface area is 524 Å². The number of para-hydroxylation sites is 1. The van der Waals surface area contributed by atoms with Gasteiger partial charge in [0, 0.05) is 60.0 Å². The smallest absolute Gasteiger partial charge is 0.328 e. The fourth-order valence-corrected chi connectivity index (χ4v) is 13.1. The van der Waals surface area contributed by atoms with Crippen molar-refractivity contribution in [1.29, 1.82) is 0 Å². The summed E-state index contributed by atoms with van der Waals surface area (Å²) < 4.78 is 5.55. The van der Waals surface area contributed by atoms with Crippen molar-refractivity contribution >= 4 is 97.5 Å². The number of nitrogens with one attached hydrogen (secondary N) is 9. The van der Waals surface area contributed by atoms with Crippen LogP contribution >= 0.6 is 33.3 Å². The zero-order valence-corrected chi connectivity index (χ0v) is 51.1. The molecule has 2 saturated heterocycles. The van der Waals surface area contributed by atoms with Gasteiger partial charge < -0.3 is 98.8 Å².